The molecule has 5 atom stereocenters. The van der Waals surface area contributed by atoms with Crippen LogP contribution in [0.15, 0.2) is 42.0 Å². The van der Waals surface area contributed by atoms with Gasteiger partial charge in [0, 0.05) is 10.3 Å². The van der Waals surface area contributed by atoms with Gasteiger partial charge in [-0.15, -0.1) is 0 Å². The molecule has 0 saturated carbocycles. The normalized spacial score (nSPS) is 34.9. The van der Waals surface area contributed by atoms with Crippen molar-refractivity contribution < 1.29 is 23.8 Å². The first kappa shape index (κ1) is 15.3. The molecule has 4 rings (SSSR count). The van der Waals surface area contributed by atoms with Gasteiger partial charge in [0.25, 0.3) is 0 Å². The summed E-state index contributed by atoms with van der Waals surface area (Å²) in [6.45, 7) is 0.422. The lowest BCUT2D eigenvalue weighted by molar-refractivity contribution is -0.225. The quantitative estimate of drug-likeness (QED) is 0.421. The van der Waals surface area contributed by atoms with Crippen LogP contribution in [0.3, 0.4) is 0 Å². The number of ketones is 1. The molecule has 120 valence electrons. The van der Waals surface area contributed by atoms with Crippen molar-refractivity contribution in [1.29, 1.82) is 0 Å². The van der Waals surface area contributed by atoms with Gasteiger partial charge in [0.15, 0.2) is 12.1 Å². The number of hydrogen-bond donors (Lipinski definition) is 0. The molecule has 2 aliphatic heterocycles. The number of halogens is 1. The smallest absolute Gasteiger partial charge is 0.338 e. The van der Waals surface area contributed by atoms with E-state index >= 15 is 0 Å². The van der Waals surface area contributed by atoms with Gasteiger partial charge in [-0.2, -0.15) is 0 Å². The Hall–Kier alpha value is -1.25. The first-order valence-electron chi connectivity index (χ1n) is 7.52. The van der Waals surface area contributed by atoms with Crippen molar-refractivity contribution in [3.8, 4) is 0 Å². The highest BCUT2D eigenvalue weighted by Gasteiger charge is 2.57. The number of carbonyl (C=O) groups is 2. The minimum absolute atomic E-state index is 0.0160. The van der Waals surface area contributed by atoms with E-state index in [4.69, 9.17) is 14.2 Å². The number of rotatable bonds is 3. The van der Waals surface area contributed by atoms with Gasteiger partial charge in [0.2, 0.25) is 0 Å². The highest BCUT2D eigenvalue weighted by atomic mass is 127. The standard InChI is InChI=1S/C17H15IO5/c18-7-12-15(23-16(20)9-4-2-1-3-5-9)14-11(19)6-10-8-21-17(22-12)13(10)14/h1-6,12-15,17H,7-8H2/t12-,13-,14+,15-,17+/m1/s1. The third-order valence-corrected chi connectivity index (χ3v) is 5.48. The zero-order chi connectivity index (χ0) is 16.0. The molecule has 0 amide bonds. The van der Waals surface area contributed by atoms with Crippen LogP contribution in [0.25, 0.3) is 0 Å². The maximum absolute atomic E-state index is 12.4. The largest absolute Gasteiger partial charge is 0.455 e. The van der Waals surface area contributed by atoms with Crippen LogP contribution < -0.4 is 0 Å². The molecule has 0 unspecified atom stereocenters. The number of carbonyl (C=O) groups excluding carboxylic acids is 2. The van der Waals surface area contributed by atoms with E-state index < -0.39 is 24.3 Å². The molecule has 2 saturated heterocycles. The van der Waals surface area contributed by atoms with E-state index in [1.54, 1.807) is 30.3 Å². The molecule has 23 heavy (non-hydrogen) atoms. The van der Waals surface area contributed by atoms with E-state index in [1.807, 2.05) is 6.07 Å². The summed E-state index contributed by atoms with van der Waals surface area (Å²) in [7, 11) is 0. The number of benzene rings is 1. The second-order valence-corrected chi connectivity index (χ2v) is 6.80. The first-order chi connectivity index (χ1) is 11.2. The number of hydrogen-bond acceptors (Lipinski definition) is 5. The van der Waals surface area contributed by atoms with Crippen LogP contribution in [0.1, 0.15) is 10.4 Å². The van der Waals surface area contributed by atoms with E-state index in [2.05, 4.69) is 22.6 Å². The van der Waals surface area contributed by atoms with Crippen molar-refractivity contribution in [2.45, 2.75) is 18.5 Å². The number of esters is 1. The summed E-state index contributed by atoms with van der Waals surface area (Å²) in [6, 6.07) is 8.81. The van der Waals surface area contributed by atoms with E-state index in [0.29, 0.717) is 16.6 Å². The monoisotopic (exact) mass is 426 g/mol. The second kappa shape index (κ2) is 5.99. The SMILES string of the molecule is O=C(O[C@H]1[C@H]2C(=O)C=C3CO[C@@H](O[C@@H]1CI)[C@H]32)c1ccccc1. The molecule has 0 bridgehead atoms. The lowest BCUT2D eigenvalue weighted by Crippen LogP contribution is -2.53. The molecule has 0 radical (unpaired) electrons. The summed E-state index contributed by atoms with van der Waals surface area (Å²) >= 11 is 2.18. The van der Waals surface area contributed by atoms with Crippen molar-refractivity contribution in [3.05, 3.63) is 47.5 Å². The van der Waals surface area contributed by atoms with Gasteiger partial charge >= 0.3 is 5.97 Å². The van der Waals surface area contributed by atoms with E-state index in [9.17, 15) is 9.59 Å². The third kappa shape index (κ3) is 2.53. The fraction of sp³-hybridized carbons (Fsp3) is 0.412. The molecule has 1 aromatic rings. The molecule has 1 aliphatic carbocycles. The number of alkyl halides is 1. The highest BCUT2D eigenvalue weighted by Crippen LogP contribution is 2.46. The van der Waals surface area contributed by atoms with Gasteiger partial charge in [0.1, 0.15) is 12.2 Å². The molecule has 2 fully saturated rings. The predicted octanol–water partition coefficient (Wildman–Crippen LogP) is 2.14. The van der Waals surface area contributed by atoms with Crippen LogP contribution >= 0.6 is 22.6 Å². The van der Waals surface area contributed by atoms with Crippen LogP contribution in [-0.4, -0.2) is 41.3 Å². The Balaban J connectivity index is 1.61. The maximum Gasteiger partial charge on any atom is 0.338 e. The Morgan fingerprint density at radius 2 is 2.04 bits per heavy atom. The molecular formula is C17H15IO5. The topological polar surface area (TPSA) is 61.8 Å². The Bertz CT molecular complexity index is 671. The molecule has 0 N–H and O–H groups in total. The molecule has 0 aromatic heterocycles. The van der Waals surface area contributed by atoms with Crippen LogP contribution in [0.5, 0.6) is 0 Å². The van der Waals surface area contributed by atoms with Gasteiger partial charge < -0.3 is 14.2 Å². The van der Waals surface area contributed by atoms with Crippen molar-refractivity contribution in [1.82, 2.24) is 0 Å². The second-order valence-electron chi connectivity index (χ2n) is 5.92. The predicted molar refractivity (Wildman–Crippen MR) is 89.2 cm³/mol. The Kier molecular flexibility index (Phi) is 3.98. The lowest BCUT2D eigenvalue weighted by atomic mass is 9.82. The van der Waals surface area contributed by atoms with Crippen molar-refractivity contribution in [2.24, 2.45) is 11.8 Å². The molecule has 3 aliphatic rings. The maximum atomic E-state index is 12.4. The Morgan fingerprint density at radius 1 is 1.26 bits per heavy atom. The van der Waals surface area contributed by atoms with E-state index in [1.165, 1.54) is 0 Å². The van der Waals surface area contributed by atoms with Crippen LogP contribution in [0.4, 0.5) is 0 Å². The molecule has 5 nitrogen and oxygen atoms in total. The van der Waals surface area contributed by atoms with Gasteiger partial charge in [-0.25, -0.2) is 4.79 Å². The average molecular weight is 426 g/mol. The molecular weight excluding hydrogens is 411 g/mol. The summed E-state index contributed by atoms with van der Waals surface area (Å²) in [5, 5.41) is 0. The number of allylic oxidation sites excluding steroid dienone is 1. The summed E-state index contributed by atoms with van der Waals surface area (Å²) in [4.78, 5) is 24.8. The fourth-order valence-electron chi connectivity index (χ4n) is 3.56. The Morgan fingerprint density at radius 3 is 2.78 bits per heavy atom. The average Bonchev–Trinajstić information content (AvgIpc) is 3.12. The van der Waals surface area contributed by atoms with Gasteiger partial charge in [-0.1, -0.05) is 40.8 Å². The first-order valence-corrected chi connectivity index (χ1v) is 9.05. The molecule has 1 aromatic carbocycles. The minimum atomic E-state index is -0.580. The highest BCUT2D eigenvalue weighted by molar-refractivity contribution is 14.1. The minimum Gasteiger partial charge on any atom is -0.455 e. The Labute approximate surface area is 147 Å². The number of ether oxygens (including phenoxy) is 3. The summed E-state index contributed by atoms with van der Waals surface area (Å²) < 4.78 is 17.9. The zero-order valence-electron chi connectivity index (χ0n) is 12.2. The van der Waals surface area contributed by atoms with E-state index in [0.717, 1.165) is 5.57 Å². The zero-order valence-corrected chi connectivity index (χ0v) is 14.3. The van der Waals surface area contributed by atoms with E-state index in [-0.39, 0.29) is 17.8 Å². The molecule has 2 heterocycles. The summed E-state index contributed by atoms with van der Waals surface area (Å²) in [5.74, 6) is -0.913. The van der Waals surface area contributed by atoms with Gasteiger partial charge in [-0.05, 0) is 23.8 Å². The van der Waals surface area contributed by atoms with Crippen LogP contribution in [-0.2, 0) is 19.0 Å². The third-order valence-electron chi connectivity index (χ3n) is 4.61. The van der Waals surface area contributed by atoms with Crippen LogP contribution in [0.2, 0.25) is 0 Å². The summed E-state index contributed by atoms with van der Waals surface area (Å²) in [6.07, 6.45) is 0.315. The molecule has 0 spiro atoms. The van der Waals surface area contributed by atoms with Crippen LogP contribution in [0, 0.1) is 11.8 Å². The van der Waals surface area contributed by atoms with Crippen molar-refractivity contribution in [3.63, 3.8) is 0 Å². The van der Waals surface area contributed by atoms with Gasteiger partial charge in [0.05, 0.1) is 18.1 Å². The summed E-state index contributed by atoms with van der Waals surface area (Å²) in [5.41, 5.74) is 1.43. The van der Waals surface area contributed by atoms with Gasteiger partial charge in [-0.3, -0.25) is 4.79 Å². The fourth-order valence-corrected chi connectivity index (χ4v) is 4.27. The molecule has 6 heteroatoms. The van der Waals surface area contributed by atoms with Crippen molar-refractivity contribution in [2.75, 3.05) is 11.0 Å². The van der Waals surface area contributed by atoms with Crippen molar-refractivity contribution >= 4 is 34.3 Å². The lowest BCUT2D eigenvalue weighted by Gasteiger charge is -2.40.